The fourth-order valence-electron chi connectivity index (χ4n) is 2.15. The van der Waals surface area contributed by atoms with Crippen LogP contribution in [-0.4, -0.2) is 38.5 Å². The van der Waals surface area contributed by atoms with Crippen LogP contribution in [0.15, 0.2) is 23.1 Å². The Morgan fingerprint density at radius 2 is 2.20 bits per heavy atom. The summed E-state index contributed by atoms with van der Waals surface area (Å²) >= 11 is 6.00. The molecule has 0 N–H and O–H groups in total. The van der Waals surface area contributed by atoms with Crippen LogP contribution in [0.2, 0.25) is 5.02 Å². The third-order valence-corrected chi connectivity index (χ3v) is 5.94. The van der Waals surface area contributed by atoms with Crippen molar-refractivity contribution in [3.8, 4) is 6.07 Å². The van der Waals surface area contributed by atoms with Gasteiger partial charge in [-0.2, -0.15) is 9.57 Å². The molecule has 1 saturated heterocycles. The van der Waals surface area contributed by atoms with E-state index in [2.05, 4.69) is 6.07 Å². The molecule has 20 heavy (non-hydrogen) atoms. The van der Waals surface area contributed by atoms with Gasteiger partial charge >= 0.3 is 0 Å². The Bertz CT molecular complexity index is 661. The molecule has 1 fully saturated rings. The predicted octanol–water partition coefficient (Wildman–Crippen LogP) is 1.95. The summed E-state index contributed by atoms with van der Waals surface area (Å²) in [6.45, 7) is 2.23. The van der Waals surface area contributed by atoms with Crippen LogP contribution in [0.1, 0.15) is 12.0 Å². The van der Waals surface area contributed by atoms with Crippen LogP contribution in [0.3, 0.4) is 0 Å². The number of ether oxygens (including phenoxy) is 1. The van der Waals surface area contributed by atoms with E-state index >= 15 is 0 Å². The number of aryl methyl sites for hydroxylation is 1. The molecule has 1 atom stereocenters. The van der Waals surface area contributed by atoms with E-state index in [-0.39, 0.29) is 16.5 Å². The number of likely N-dealkylation sites (N-methyl/N-ethyl adjacent to an activating group) is 1. The van der Waals surface area contributed by atoms with E-state index in [1.165, 1.54) is 13.1 Å². The molecule has 1 aromatic rings. The Balaban J connectivity index is 2.50. The number of halogens is 1. The largest absolute Gasteiger partial charge is 0.378 e. The van der Waals surface area contributed by atoms with Gasteiger partial charge in [0.2, 0.25) is 10.0 Å². The van der Waals surface area contributed by atoms with Gasteiger partial charge in [0.15, 0.2) is 0 Å². The smallest absolute Gasteiger partial charge is 0.245 e. The number of nitriles is 1. The summed E-state index contributed by atoms with van der Waals surface area (Å²) in [4.78, 5) is 0.0168. The lowest BCUT2D eigenvalue weighted by molar-refractivity contribution is 0.162. The molecule has 0 bridgehead atoms. The minimum absolute atomic E-state index is 0.0168. The predicted molar refractivity (Wildman–Crippen MR) is 74.9 cm³/mol. The van der Waals surface area contributed by atoms with Gasteiger partial charge in [-0.25, -0.2) is 8.42 Å². The average molecular weight is 315 g/mol. The summed E-state index contributed by atoms with van der Waals surface area (Å²) < 4.78 is 31.7. The highest BCUT2D eigenvalue weighted by molar-refractivity contribution is 7.89. The van der Waals surface area contributed by atoms with Crippen molar-refractivity contribution in [3.63, 3.8) is 0 Å². The van der Waals surface area contributed by atoms with Crippen molar-refractivity contribution in [3.05, 3.63) is 28.8 Å². The molecule has 108 valence electrons. The van der Waals surface area contributed by atoms with Crippen LogP contribution in [0.25, 0.3) is 0 Å². The summed E-state index contributed by atoms with van der Waals surface area (Å²) in [6, 6.07) is 6.85. The Morgan fingerprint density at radius 1 is 1.50 bits per heavy atom. The molecule has 1 heterocycles. The standard InChI is InChI=1S/C13H15ClN2O3S/c1-10-3-4-11(14)12(7-10)20(17,18)16(2)13(8-15)5-6-19-9-13/h3-4,7H,5-6,9H2,1-2H3/t13-/m1/s1. The molecule has 0 aromatic heterocycles. The number of benzene rings is 1. The van der Waals surface area contributed by atoms with Gasteiger partial charge in [-0.15, -0.1) is 0 Å². The van der Waals surface area contributed by atoms with Gasteiger partial charge in [0.05, 0.1) is 17.7 Å². The quantitative estimate of drug-likeness (QED) is 0.855. The topological polar surface area (TPSA) is 70.4 Å². The highest BCUT2D eigenvalue weighted by Crippen LogP contribution is 2.32. The molecule has 0 radical (unpaired) electrons. The van der Waals surface area contributed by atoms with Gasteiger partial charge in [0.1, 0.15) is 10.4 Å². The third kappa shape index (κ3) is 2.42. The first-order valence-electron chi connectivity index (χ1n) is 6.08. The van der Waals surface area contributed by atoms with Gasteiger partial charge in [0.25, 0.3) is 0 Å². The normalized spacial score (nSPS) is 22.9. The Morgan fingerprint density at radius 3 is 2.75 bits per heavy atom. The molecule has 0 aliphatic carbocycles. The van der Waals surface area contributed by atoms with E-state index in [1.807, 2.05) is 0 Å². The maximum atomic E-state index is 12.7. The van der Waals surface area contributed by atoms with Crippen LogP contribution < -0.4 is 0 Å². The monoisotopic (exact) mass is 314 g/mol. The molecule has 0 unspecified atom stereocenters. The first-order chi connectivity index (χ1) is 9.33. The van der Waals surface area contributed by atoms with E-state index in [1.54, 1.807) is 19.1 Å². The maximum absolute atomic E-state index is 12.7. The summed E-state index contributed by atoms with van der Waals surface area (Å²) in [5, 5.41) is 9.50. The number of nitrogens with zero attached hydrogens (tertiary/aromatic N) is 2. The van der Waals surface area contributed by atoms with Crippen molar-refractivity contribution >= 4 is 21.6 Å². The van der Waals surface area contributed by atoms with Gasteiger partial charge in [-0.1, -0.05) is 17.7 Å². The lowest BCUT2D eigenvalue weighted by Gasteiger charge is -2.30. The first kappa shape index (κ1) is 15.3. The summed E-state index contributed by atoms with van der Waals surface area (Å²) in [5.41, 5.74) is -0.374. The number of sulfonamides is 1. The fraction of sp³-hybridized carbons (Fsp3) is 0.462. The Hall–Kier alpha value is -1.13. The second kappa shape index (κ2) is 5.34. The summed E-state index contributed by atoms with van der Waals surface area (Å²) in [6.07, 6.45) is 0.350. The second-order valence-electron chi connectivity index (χ2n) is 4.85. The molecule has 5 nitrogen and oxygen atoms in total. The van der Waals surface area contributed by atoms with Crippen molar-refractivity contribution in [2.75, 3.05) is 20.3 Å². The highest BCUT2D eigenvalue weighted by atomic mass is 35.5. The zero-order valence-electron chi connectivity index (χ0n) is 11.3. The molecule has 2 rings (SSSR count). The van der Waals surface area contributed by atoms with Crippen molar-refractivity contribution in [2.24, 2.45) is 0 Å². The molecule has 0 amide bonds. The van der Waals surface area contributed by atoms with Crippen molar-refractivity contribution < 1.29 is 13.2 Å². The SMILES string of the molecule is Cc1ccc(Cl)c(S(=O)(=O)N(C)[C@@]2(C#N)CCOC2)c1. The van der Waals surface area contributed by atoms with E-state index < -0.39 is 15.6 Å². The zero-order valence-corrected chi connectivity index (χ0v) is 12.8. The molecular formula is C13H15ClN2O3S. The van der Waals surface area contributed by atoms with Gasteiger partial charge in [-0.05, 0) is 24.6 Å². The summed E-state index contributed by atoms with van der Waals surface area (Å²) in [5.74, 6) is 0. The number of hydrogen-bond donors (Lipinski definition) is 0. The average Bonchev–Trinajstić information content (AvgIpc) is 2.90. The molecule has 0 spiro atoms. The minimum Gasteiger partial charge on any atom is -0.378 e. The molecule has 7 heteroatoms. The van der Waals surface area contributed by atoms with E-state index in [9.17, 15) is 13.7 Å². The molecule has 1 aliphatic rings. The summed E-state index contributed by atoms with van der Waals surface area (Å²) in [7, 11) is -2.45. The molecule has 1 aromatic carbocycles. The minimum atomic E-state index is -3.85. The van der Waals surface area contributed by atoms with Gasteiger partial charge < -0.3 is 4.74 Å². The van der Waals surface area contributed by atoms with E-state index in [0.29, 0.717) is 13.0 Å². The molecular weight excluding hydrogens is 300 g/mol. The van der Waals surface area contributed by atoms with Crippen molar-refractivity contribution in [1.29, 1.82) is 5.26 Å². The Kier molecular flexibility index (Phi) is 4.07. The highest BCUT2D eigenvalue weighted by Gasteiger charge is 2.45. The van der Waals surface area contributed by atoms with E-state index in [0.717, 1.165) is 9.87 Å². The number of rotatable bonds is 3. The maximum Gasteiger partial charge on any atom is 0.245 e. The van der Waals surface area contributed by atoms with Crippen LogP contribution in [0, 0.1) is 18.3 Å². The third-order valence-electron chi connectivity index (χ3n) is 3.54. The molecule has 1 aliphatic heterocycles. The van der Waals surface area contributed by atoms with Crippen LogP contribution in [0.5, 0.6) is 0 Å². The fourth-order valence-corrected chi connectivity index (χ4v) is 4.15. The van der Waals surface area contributed by atoms with Crippen LogP contribution in [0.4, 0.5) is 0 Å². The van der Waals surface area contributed by atoms with Crippen LogP contribution in [-0.2, 0) is 14.8 Å². The lowest BCUT2D eigenvalue weighted by Crippen LogP contribution is -2.49. The first-order valence-corrected chi connectivity index (χ1v) is 7.89. The Labute approximate surface area is 123 Å². The van der Waals surface area contributed by atoms with Crippen molar-refractivity contribution in [1.82, 2.24) is 4.31 Å². The zero-order chi connectivity index (χ0) is 15.0. The second-order valence-corrected chi connectivity index (χ2v) is 7.20. The van der Waals surface area contributed by atoms with E-state index in [4.69, 9.17) is 16.3 Å². The van der Waals surface area contributed by atoms with Gasteiger partial charge in [0, 0.05) is 20.1 Å². The van der Waals surface area contributed by atoms with Gasteiger partial charge in [-0.3, -0.25) is 0 Å². The lowest BCUT2D eigenvalue weighted by atomic mass is 10.0. The molecule has 0 saturated carbocycles. The van der Waals surface area contributed by atoms with Crippen molar-refractivity contribution in [2.45, 2.75) is 23.8 Å². The number of hydrogen-bond acceptors (Lipinski definition) is 4. The van der Waals surface area contributed by atoms with Crippen LogP contribution >= 0.6 is 11.6 Å².